The molecule has 0 saturated carbocycles. The summed E-state index contributed by atoms with van der Waals surface area (Å²) in [6.07, 6.45) is 7.38. The molecule has 0 fully saturated rings. The van der Waals surface area contributed by atoms with Crippen LogP contribution < -0.4 is 10.1 Å². The first-order valence-electron chi connectivity index (χ1n) is 12.6. The van der Waals surface area contributed by atoms with Crippen LogP contribution >= 0.6 is 24.0 Å². The third-order valence-corrected chi connectivity index (χ3v) is 6.86. The van der Waals surface area contributed by atoms with Crippen LogP contribution in [0.5, 0.6) is 5.75 Å². The summed E-state index contributed by atoms with van der Waals surface area (Å²) in [5, 5.41) is 4.25. The highest BCUT2D eigenvalue weighted by molar-refractivity contribution is 6.30. The fourth-order valence-electron chi connectivity index (χ4n) is 4.57. The van der Waals surface area contributed by atoms with Crippen LogP contribution in [0, 0.1) is 0 Å². The maximum absolute atomic E-state index is 5.97. The maximum Gasteiger partial charge on any atom is 0.119 e. The van der Waals surface area contributed by atoms with E-state index >= 15 is 0 Å². The summed E-state index contributed by atoms with van der Waals surface area (Å²) in [5.74, 6) is 1.99. The van der Waals surface area contributed by atoms with E-state index in [4.69, 9.17) is 21.3 Å². The minimum atomic E-state index is 0. The number of rotatable bonds is 9. The molecule has 0 atom stereocenters. The Labute approximate surface area is 225 Å². The minimum absolute atomic E-state index is 0. The molecule has 4 aromatic rings. The molecule has 2 heterocycles. The molecule has 0 spiro atoms. The quantitative estimate of drug-likeness (QED) is 0.252. The second-order valence-corrected chi connectivity index (χ2v) is 9.58. The molecule has 4 nitrogen and oxygen atoms in total. The Hall–Kier alpha value is -2.79. The van der Waals surface area contributed by atoms with Crippen LogP contribution in [0.2, 0.25) is 5.02 Å². The van der Waals surface area contributed by atoms with Gasteiger partial charge in [-0.3, -0.25) is 0 Å². The molecule has 6 heteroatoms. The van der Waals surface area contributed by atoms with E-state index < -0.39 is 0 Å². The highest BCUT2D eigenvalue weighted by atomic mass is 35.5. The molecular formula is C30H33Cl2N3O. The standard InChI is InChI=1S/C30H32ClN3O.ClH/c1-2-3-4-30-33-29(21-34(30)27-12-7-23-15-17-32-20-25(23)19-27)24-8-13-28(14-9-24)35-18-16-22-5-10-26(31)11-6-22;/h5-14,19,21,32H,2-4,15-18,20H2,1H3;1H. The number of hydrogen-bond donors (Lipinski definition) is 1. The van der Waals surface area contributed by atoms with Gasteiger partial charge in [-0.25, -0.2) is 4.98 Å². The van der Waals surface area contributed by atoms with Crippen molar-refractivity contribution in [3.8, 4) is 22.7 Å². The van der Waals surface area contributed by atoms with Gasteiger partial charge in [-0.1, -0.05) is 43.1 Å². The van der Waals surface area contributed by atoms with Crippen molar-refractivity contribution in [1.29, 1.82) is 0 Å². The van der Waals surface area contributed by atoms with Gasteiger partial charge in [-0.15, -0.1) is 12.4 Å². The second kappa shape index (κ2) is 12.4. The van der Waals surface area contributed by atoms with Crippen molar-refractivity contribution < 1.29 is 4.74 Å². The van der Waals surface area contributed by atoms with Gasteiger partial charge in [0.25, 0.3) is 0 Å². The van der Waals surface area contributed by atoms with Gasteiger partial charge in [-0.2, -0.15) is 0 Å². The van der Waals surface area contributed by atoms with Crippen LogP contribution in [0.25, 0.3) is 16.9 Å². The zero-order valence-electron chi connectivity index (χ0n) is 20.7. The number of fused-ring (bicyclic) bond motifs is 1. The van der Waals surface area contributed by atoms with Gasteiger partial charge >= 0.3 is 0 Å². The van der Waals surface area contributed by atoms with Gasteiger partial charge in [0.05, 0.1) is 12.3 Å². The molecule has 1 aliphatic heterocycles. The number of halogens is 2. The van der Waals surface area contributed by atoms with Crippen LogP contribution in [0.15, 0.2) is 72.9 Å². The van der Waals surface area contributed by atoms with E-state index in [2.05, 4.69) is 53.3 Å². The lowest BCUT2D eigenvalue weighted by atomic mass is 10.0. The van der Waals surface area contributed by atoms with Crippen molar-refractivity contribution in [2.24, 2.45) is 0 Å². The number of benzene rings is 3. The predicted molar refractivity (Wildman–Crippen MR) is 151 cm³/mol. The molecule has 0 saturated heterocycles. The van der Waals surface area contributed by atoms with E-state index in [0.29, 0.717) is 6.61 Å². The third-order valence-electron chi connectivity index (χ3n) is 6.61. The Bertz CT molecular complexity index is 1270. The number of ether oxygens (including phenoxy) is 1. The van der Waals surface area contributed by atoms with Crippen molar-refractivity contribution in [2.45, 2.75) is 45.6 Å². The second-order valence-electron chi connectivity index (χ2n) is 9.15. The average Bonchev–Trinajstić information content (AvgIpc) is 3.33. The molecular weight excluding hydrogens is 489 g/mol. The molecule has 1 aliphatic rings. The van der Waals surface area contributed by atoms with Gasteiger partial charge in [0.1, 0.15) is 11.6 Å². The SMILES string of the molecule is CCCCc1nc(-c2ccc(OCCc3ccc(Cl)cc3)cc2)cn1-c1ccc2c(c1)CNCC2.Cl. The maximum atomic E-state index is 5.97. The third kappa shape index (κ3) is 6.31. The van der Waals surface area contributed by atoms with Crippen LogP contribution in [0.3, 0.4) is 0 Å². The van der Waals surface area contributed by atoms with Crippen molar-refractivity contribution >= 4 is 24.0 Å². The topological polar surface area (TPSA) is 39.1 Å². The first-order chi connectivity index (χ1) is 17.2. The number of aryl methyl sites for hydroxylation is 1. The lowest BCUT2D eigenvalue weighted by Gasteiger charge is -2.18. The van der Waals surface area contributed by atoms with E-state index in [1.165, 1.54) is 22.4 Å². The lowest BCUT2D eigenvalue weighted by molar-refractivity contribution is 0.322. The predicted octanol–water partition coefficient (Wildman–Crippen LogP) is 7.22. The van der Waals surface area contributed by atoms with Gasteiger partial charge in [-0.05, 0) is 84.6 Å². The number of imidazole rings is 1. The average molecular weight is 523 g/mol. The first-order valence-corrected chi connectivity index (χ1v) is 13.0. The summed E-state index contributed by atoms with van der Waals surface area (Å²) < 4.78 is 8.24. The van der Waals surface area contributed by atoms with E-state index in [1.54, 1.807) is 0 Å². The van der Waals surface area contributed by atoms with Crippen molar-refractivity contribution in [1.82, 2.24) is 14.9 Å². The molecule has 3 aromatic carbocycles. The number of aromatic nitrogens is 2. The fourth-order valence-corrected chi connectivity index (χ4v) is 4.69. The molecule has 1 aromatic heterocycles. The Morgan fingerprint density at radius 3 is 2.56 bits per heavy atom. The number of nitrogens with zero attached hydrogens (tertiary/aromatic N) is 2. The van der Waals surface area contributed by atoms with Gasteiger partial charge in [0, 0.05) is 41.9 Å². The Morgan fingerprint density at radius 1 is 0.972 bits per heavy atom. The Kier molecular flexibility index (Phi) is 9.08. The smallest absolute Gasteiger partial charge is 0.119 e. The summed E-state index contributed by atoms with van der Waals surface area (Å²) >= 11 is 5.97. The number of nitrogens with one attached hydrogen (secondary N) is 1. The van der Waals surface area contributed by atoms with E-state index in [1.807, 2.05) is 36.4 Å². The normalized spacial score (nSPS) is 12.6. The monoisotopic (exact) mass is 521 g/mol. The molecule has 0 radical (unpaired) electrons. The molecule has 1 N–H and O–H groups in total. The molecule has 0 amide bonds. The molecule has 36 heavy (non-hydrogen) atoms. The van der Waals surface area contributed by atoms with Crippen LogP contribution in [0.4, 0.5) is 0 Å². The number of unbranched alkanes of at least 4 members (excludes halogenated alkanes) is 1. The van der Waals surface area contributed by atoms with Gasteiger partial charge in [0.15, 0.2) is 0 Å². The van der Waals surface area contributed by atoms with Crippen LogP contribution in [-0.2, 0) is 25.8 Å². The highest BCUT2D eigenvalue weighted by Crippen LogP contribution is 2.26. The largest absolute Gasteiger partial charge is 0.493 e. The Morgan fingerprint density at radius 2 is 1.78 bits per heavy atom. The molecule has 0 aliphatic carbocycles. The molecule has 5 rings (SSSR count). The highest BCUT2D eigenvalue weighted by Gasteiger charge is 2.14. The fraction of sp³-hybridized carbons (Fsp3) is 0.300. The molecule has 188 valence electrons. The van der Waals surface area contributed by atoms with Crippen LogP contribution in [0.1, 0.15) is 42.3 Å². The summed E-state index contributed by atoms with van der Waals surface area (Å²) in [5.41, 5.74) is 7.36. The summed E-state index contributed by atoms with van der Waals surface area (Å²) in [7, 11) is 0. The van der Waals surface area contributed by atoms with E-state index in [-0.39, 0.29) is 12.4 Å². The van der Waals surface area contributed by atoms with Gasteiger partial charge < -0.3 is 14.6 Å². The summed E-state index contributed by atoms with van der Waals surface area (Å²) in [4.78, 5) is 5.04. The molecule has 0 unspecified atom stereocenters. The number of hydrogen-bond acceptors (Lipinski definition) is 3. The zero-order chi connectivity index (χ0) is 24.0. The zero-order valence-corrected chi connectivity index (χ0v) is 22.2. The summed E-state index contributed by atoms with van der Waals surface area (Å²) in [6, 6.07) is 23.0. The van der Waals surface area contributed by atoms with Crippen molar-refractivity contribution in [3.63, 3.8) is 0 Å². The molecule has 0 bridgehead atoms. The van der Waals surface area contributed by atoms with Crippen molar-refractivity contribution in [3.05, 3.63) is 100 Å². The van der Waals surface area contributed by atoms with E-state index in [9.17, 15) is 0 Å². The Balaban J connectivity index is 0.00000304. The van der Waals surface area contributed by atoms with E-state index in [0.717, 1.165) is 73.0 Å². The van der Waals surface area contributed by atoms with Gasteiger partial charge in [0.2, 0.25) is 0 Å². The lowest BCUT2D eigenvalue weighted by Crippen LogP contribution is -2.23. The van der Waals surface area contributed by atoms with Crippen LogP contribution in [-0.4, -0.2) is 22.7 Å². The van der Waals surface area contributed by atoms with Crippen molar-refractivity contribution in [2.75, 3.05) is 13.2 Å². The first kappa shape index (κ1) is 26.3. The summed E-state index contributed by atoms with van der Waals surface area (Å²) in [6.45, 7) is 4.85. The minimum Gasteiger partial charge on any atom is -0.493 e.